The van der Waals surface area contributed by atoms with Crippen LogP contribution >= 0.6 is 23.2 Å². The fourth-order valence-electron chi connectivity index (χ4n) is 1.15. The summed E-state index contributed by atoms with van der Waals surface area (Å²) >= 11 is 11.7. The Morgan fingerprint density at radius 3 is 2.29 bits per heavy atom. The van der Waals surface area contributed by atoms with Gasteiger partial charge < -0.3 is 5.11 Å². The minimum absolute atomic E-state index is 0.0701. The molecule has 1 nitrogen and oxygen atoms in total. The van der Waals surface area contributed by atoms with Gasteiger partial charge in [-0.1, -0.05) is 36.2 Å². The molecule has 0 aliphatic heterocycles. The summed E-state index contributed by atoms with van der Waals surface area (Å²) in [5, 5.41) is 10.2. The van der Waals surface area contributed by atoms with E-state index < -0.39 is 0 Å². The fraction of sp³-hybridized carbons (Fsp3) is 0.273. The Balaban J connectivity index is 3.01. The number of aliphatic hydroxyl groups is 1. The van der Waals surface area contributed by atoms with Gasteiger partial charge in [-0.3, -0.25) is 0 Å². The standard InChI is InChI=1S/C11H12Cl2O/c1-2-8(7-14)3-9-4-10(12)6-11(13)5-9/h3-6,14H,2,7H2,1H3/b8-3-. The molecule has 1 aromatic rings. The van der Waals surface area contributed by atoms with Crippen molar-refractivity contribution < 1.29 is 5.11 Å². The third-order valence-electron chi connectivity index (χ3n) is 1.91. The second-order valence-corrected chi connectivity index (χ2v) is 3.89. The largest absolute Gasteiger partial charge is 0.392 e. The van der Waals surface area contributed by atoms with Gasteiger partial charge >= 0.3 is 0 Å². The summed E-state index contributed by atoms with van der Waals surface area (Å²) < 4.78 is 0. The molecule has 0 atom stereocenters. The van der Waals surface area contributed by atoms with Gasteiger partial charge in [-0.15, -0.1) is 0 Å². The summed E-state index contributed by atoms with van der Waals surface area (Å²) in [6, 6.07) is 5.32. The van der Waals surface area contributed by atoms with Crippen molar-refractivity contribution in [1.29, 1.82) is 0 Å². The monoisotopic (exact) mass is 230 g/mol. The van der Waals surface area contributed by atoms with Gasteiger partial charge in [0, 0.05) is 10.0 Å². The lowest BCUT2D eigenvalue weighted by molar-refractivity contribution is 0.329. The molecule has 0 aliphatic carbocycles. The van der Waals surface area contributed by atoms with Crippen LogP contribution in [-0.2, 0) is 0 Å². The Morgan fingerprint density at radius 2 is 1.86 bits per heavy atom. The lowest BCUT2D eigenvalue weighted by Gasteiger charge is -2.01. The molecular weight excluding hydrogens is 219 g/mol. The smallest absolute Gasteiger partial charge is 0.0644 e. The highest BCUT2D eigenvalue weighted by Gasteiger charge is 1.97. The molecule has 1 rings (SSSR count). The third kappa shape index (κ3) is 3.33. The van der Waals surface area contributed by atoms with Crippen LogP contribution in [0, 0.1) is 0 Å². The Kier molecular flexibility index (Phi) is 4.46. The van der Waals surface area contributed by atoms with Crippen LogP contribution in [0.15, 0.2) is 23.8 Å². The molecular formula is C11H12Cl2O. The van der Waals surface area contributed by atoms with Crippen LogP contribution in [0.2, 0.25) is 10.0 Å². The van der Waals surface area contributed by atoms with Crippen molar-refractivity contribution in [3.63, 3.8) is 0 Å². The van der Waals surface area contributed by atoms with E-state index in [9.17, 15) is 0 Å². The Bertz CT molecular complexity index is 319. The average molecular weight is 231 g/mol. The third-order valence-corrected chi connectivity index (χ3v) is 2.35. The molecule has 0 saturated heterocycles. The molecule has 0 aliphatic rings. The first kappa shape index (κ1) is 11.6. The van der Waals surface area contributed by atoms with Crippen molar-refractivity contribution in [2.75, 3.05) is 6.61 Å². The molecule has 0 aromatic heterocycles. The molecule has 1 aromatic carbocycles. The Labute approximate surface area is 94.0 Å². The van der Waals surface area contributed by atoms with E-state index in [-0.39, 0.29) is 6.61 Å². The van der Waals surface area contributed by atoms with Crippen molar-refractivity contribution in [2.24, 2.45) is 0 Å². The topological polar surface area (TPSA) is 20.2 Å². The van der Waals surface area contributed by atoms with E-state index in [0.29, 0.717) is 10.0 Å². The second kappa shape index (κ2) is 5.40. The van der Waals surface area contributed by atoms with E-state index in [1.807, 2.05) is 25.1 Å². The highest BCUT2D eigenvalue weighted by Crippen LogP contribution is 2.21. The SMILES string of the molecule is CC/C(=C/c1cc(Cl)cc(Cl)c1)CO. The number of hydrogen-bond acceptors (Lipinski definition) is 1. The number of halogens is 2. The van der Waals surface area contributed by atoms with Crippen LogP contribution in [0.25, 0.3) is 6.08 Å². The van der Waals surface area contributed by atoms with Crippen LogP contribution in [0.5, 0.6) is 0 Å². The van der Waals surface area contributed by atoms with Crippen LogP contribution < -0.4 is 0 Å². The highest BCUT2D eigenvalue weighted by atomic mass is 35.5. The maximum atomic E-state index is 8.99. The van der Waals surface area contributed by atoms with Crippen LogP contribution in [0.1, 0.15) is 18.9 Å². The van der Waals surface area contributed by atoms with E-state index in [0.717, 1.165) is 17.6 Å². The minimum atomic E-state index is 0.0701. The normalized spacial score (nSPS) is 11.9. The number of hydrogen-bond donors (Lipinski definition) is 1. The summed E-state index contributed by atoms with van der Waals surface area (Å²) in [6.45, 7) is 2.06. The first-order valence-corrected chi connectivity index (χ1v) is 5.17. The first-order valence-electron chi connectivity index (χ1n) is 4.42. The van der Waals surface area contributed by atoms with Crippen molar-refractivity contribution in [3.05, 3.63) is 39.4 Å². The van der Waals surface area contributed by atoms with Crippen molar-refractivity contribution >= 4 is 29.3 Å². The highest BCUT2D eigenvalue weighted by molar-refractivity contribution is 6.34. The van der Waals surface area contributed by atoms with Gasteiger partial charge in [-0.05, 0) is 35.8 Å². The predicted octanol–water partition coefficient (Wildman–Crippen LogP) is 3.78. The zero-order chi connectivity index (χ0) is 10.6. The molecule has 0 spiro atoms. The number of rotatable bonds is 3. The molecule has 0 bridgehead atoms. The second-order valence-electron chi connectivity index (χ2n) is 3.02. The molecule has 0 heterocycles. The quantitative estimate of drug-likeness (QED) is 0.839. The van der Waals surface area contributed by atoms with Crippen molar-refractivity contribution in [2.45, 2.75) is 13.3 Å². The van der Waals surface area contributed by atoms with Gasteiger partial charge in [0.05, 0.1) is 6.61 Å². The molecule has 0 saturated carbocycles. The summed E-state index contributed by atoms with van der Waals surface area (Å²) in [5.74, 6) is 0. The van der Waals surface area contributed by atoms with Gasteiger partial charge in [0.25, 0.3) is 0 Å². The minimum Gasteiger partial charge on any atom is -0.392 e. The van der Waals surface area contributed by atoms with Gasteiger partial charge in [0.15, 0.2) is 0 Å². The summed E-state index contributed by atoms with van der Waals surface area (Å²) in [5.41, 5.74) is 1.89. The first-order chi connectivity index (χ1) is 6.65. The maximum Gasteiger partial charge on any atom is 0.0644 e. The van der Waals surface area contributed by atoms with Gasteiger partial charge in [0.2, 0.25) is 0 Å². The van der Waals surface area contributed by atoms with Crippen LogP contribution in [0.4, 0.5) is 0 Å². The summed E-state index contributed by atoms with van der Waals surface area (Å²) in [7, 11) is 0. The van der Waals surface area contributed by atoms with Gasteiger partial charge in [-0.25, -0.2) is 0 Å². The molecule has 0 unspecified atom stereocenters. The maximum absolute atomic E-state index is 8.99. The van der Waals surface area contributed by atoms with Crippen LogP contribution in [-0.4, -0.2) is 11.7 Å². The van der Waals surface area contributed by atoms with Gasteiger partial charge in [0.1, 0.15) is 0 Å². The average Bonchev–Trinajstić information content (AvgIpc) is 2.12. The number of benzene rings is 1. The van der Waals surface area contributed by atoms with E-state index in [1.54, 1.807) is 6.07 Å². The summed E-state index contributed by atoms with van der Waals surface area (Å²) in [4.78, 5) is 0. The zero-order valence-corrected chi connectivity index (χ0v) is 9.44. The number of aliphatic hydroxyl groups excluding tert-OH is 1. The van der Waals surface area contributed by atoms with Crippen molar-refractivity contribution in [3.8, 4) is 0 Å². The van der Waals surface area contributed by atoms with E-state index in [1.165, 1.54) is 0 Å². The van der Waals surface area contributed by atoms with E-state index >= 15 is 0 Å². The molecule has 1 N–H and O–H groups in total. The molecule has 3 heteroatoms. The fourth-order valence-corrected chi connectivity index (χ4v) is 1.70. The zero-order valence-electron chi connectivity index (χ0n) is 7.93. The Hall–Kier alpha value is -0.500. The van der Waals surface area contributed by atoms with Crippen molar-refractivity contribution in [1.82, 2.24) is 0 Å². The van der Waals surface area contributed by atoms with Crippen LogP contribution in [0.3, 0.4) is 0 Å². The molecule has 76 valence electrons. The Morgan fingerprint density at radius 1 is 1.29 bits per heavy atom. The van der Waals surface area contributed by atoms with E-state index in [4.69, 9.17) is 28.3 Å². The molecule has 14 heavy (non-hydrogen) atoms. The molecule has 0 fully saturated rings. The summed E-state index contributed by atoms with van der Waals surface area (Å²) in [6.07, 6.45) is 2.72. The van der Waals surface area contributed by atoms with E-state index in [2.05, 4.69) is 0 Å². The lowest BCUT2D eigenvalue weighted by atomic mass is 10.1. The molecule has 0 amide bonds. The predicted molar refractivity (Wildman–Crippen MR) is 61.8 cm³/mol. The van der Waals surface area contributed by atoms with Gasteiger partial charge in [-0.2, -0.15) is 0 Å². The molecule has 0 radical (unpaired) electrons. The lowest BCUT2D eigenvalue weighted by Crippen LogP contribution is -1.87.